The second-order valence-electron chi connectivity index (χ2n) is 2.75. The van der Waals surface area contributed by atoms with Crippen molar-refractivity contribution >= 4 is 39.0 Å². The number of benzene rings is 1. The summed E-state index contributed by atoms with van der Waals surface area (Å²) < 4.78 is 0. The fraction of sp³-hybridized carbons (Fsp3) is 0.222. The maximum Gasteiger partial charge on any atom is 0.147 e. The number of carbonyl (C=O) groups excluding carboxylic acids is 1. The molecule has 0 aliphatic carbocycles. The molecule has 0 bridgehead atoms. The van der Waals surface area contributed by atoms with Crippen molar-refractivity contribution in [3.05, 3.63) is 28.8 Å². The second kappa shape index (κ2) is 4.11. The fourth-order valence-electron chi connectivity index (χ4n) is 0.936. The third-order valence-electron chi connectivity index (χ3n) is 1.67. The predicted octanol–water partition coefficient (Wildman–Crippen LogP) is 2.95. The fourth-order valence-corrected chi connectivity index (χ4v) is 1.41. The molecule has 1 unspecified atom stereocenters. The largest absolute Gasteiger partial charge is 0.398 e. The molecule has 1 aromatic rings. The van der Waals surface area contributed by atoms with E-state index in [1.165, 1.54) is 6.92 Å². The SMILES string of the molecule is CC(=O)C(Br)c1ccc(N)c(Cl)c1. The molecule has 0 aliphatic heterocycles. The number of rotatable bonds is 2. The molecule has 1 atom stereocenters. The minimum absolute atomic E-state index is 0.0424. The lowest BCUT2D eigenvalue weighted by Gasteiger charge is -2.07. The molecule has 2 nitrogen and oxygen atoms in total. The lowest BCUT2D eigenvalue weighted by Crippen LogP contribution is -2.01. The van der Waals surface area contributed by atoms with Gasteiger partial charge in [-0.25, -0.2) is 0 Å². The first-order valence-electron chi connectivity index (χ1n) is 3.72. The van der Waals surface area contributed by atoms with Gasteiger partial charge in [0.05, 0.1) is 15.5 Å². The Morgan fingerprint density at radius 2 is 2.23 bits per heavy atom. The van der Waals surface area contributed by atoms with E-state index in [0.717, 1.165) is 5.56 Å². The quantitative estimate of drug-likeness (QED) is 0.658. The van der Waals surface area contributed by atoms with Gasteiger partial charge in [0.2, 0.25) is 0 Å². The van der Waals surface area contributed by atoms with Crippen molar-refractivity contribution in [1.82, 2.24) is 0 Å². The van der Waals surface area contributed by atoms with Crippen molar-refractivity contribution in [3.63, 3.8) is 0 Å². The Bertz CT molecular complexity index is 340. The summed E-state index contributed by atoms with van der Waals surface area (Å²) in [5, 5.41) is 0.475. The smallest absolute Gasteiger partial charge is 0.147 e. The Morgan fingerprint density at radius 3 is 2.69 bits per heavy atom. The number of nitrogen functional groups attached to an aromatic ring is 1. The van der Waals surface area contributed by atoms with Crippen LogP contribution in [0.25, 0.3) is 0 Å². The van der Waals surface area contributed by atoms with Gasteiger partial charge in [0.1, 0.15) is 5.78 Å². The number of hydrogen-bond acceptors (Lipinski definition) is 2. The summed E-state index contributed by atoms with van der Waals surface area (Å²) in [6, 6.07) is 5.16. The van der Waals surface area contributed by atoms with Crippen LogP contribution >= 0.6 is 27.5 Å². The third kappa shape index (κ3) is 2.45. The van der Waals surface area contributed by atoms with Gasteiger partial charge in [-0.15, -0.1) is 0 Å². The van der Waals surface area contributed by atoms with Crippen LogP contribution in [0.5, 0.6) is 0 Å². The Balaban J connectivity index is 3.03. The minimum atomic E-state index is -0.300. The number of anilines is 1. The van der Waals surface area contributed by atoms with Crippen molar-refractivity contribution in [2.75, 3.05) is 5.73 Å². The highest BCUT2D eigenvalue weighted by Crippen LogP contribution is 2.28. The van der Waals surface area contributed by atoms with Crippen molar-refractivity contribution in [2.45, 2.75) is 11.8 Å². The van der Waals surface area contributed by atoms with Crippen LogP contribution in [0.1, 0.15) is 17.3 Å². The zero-order chi connectivity index (χ0) is 10.0. The monoisotopic (exact) mass is 261 g/mol. The molecule has 1 aromatic carbocycles. The predicted molar refractivity (Wildman–Crippen MR) is 58.2 cm³/mol. The van der Waals surface area contributed by atoms with Crippen LogP contribution < -0.4 is 5.73 Å². The lowest BCUT2D eigenvalue weighted by molar-refractivity contribution is -0.116. The van der Waals surface area contributed by atoms with E-state index in [0.29, 0.717) is 10.7 Å². The van der Waals surface area contributed by atoms with Gasteiger partial charge in [0.25, 0.3) is 0 Å². The first kappa shape index (κ1) is 10.5. The number of hydrogen-bond donors (Lipinski definition) is 1. The standard InChI is InChI=1S/C9H9BrClNO/c1-5(13)9(10)6-2-3-8(12)7(11)4-6/h2-4,9H,12H2,1H3. The summed E-state index contributed by atoms with van der Waals surface area (Å²) in [6.07, 6.45) is 0. The zero-order valence-electron chi connectivity index (χ0n) is 7.05. The molecule has 4 heteroatoms. The number of Topliss-reactive ketones (excluding diaryl/α,β-unsaturated/α-hetero) is 1. The maximum absolute atomic E-state index is 11.0. The van der Waals surface area contributed by atoms with Gasteiger partial charge in [-0.1, -0.05) is 33.6 Å². The maximum atomic E-state index is 11.0. The number of carbonyl (C=O) groups is 1. The molecule has 0 saturated heterocycles. The Labute approximate surface area is 90.2 Å². The molecule has 2 N–H and O–H groups in total. The molecular weight excluding hydrogens is 253 g/mol. The average Bonchev–Trinajstić information content (AvgIpc) is 2.08. The summed E-state index contributed by atoms with van der Waals surface area (Å²) in [4.78, 5) is 10.7. The van der Waals surface area contributed by atoms with Gasteiger partial charge in [0, 0.05) is 0 Å². The molecule has 0 saturated carbocycles. The summed E-state index contributed by atoms with van der Waals surface area (Å²) in [7, 11) is 0. The van der Waals surface area contributed by atoms with E-state index in [1.54, 1.807) is 18.2 Å². The van der Waals surface area contributed by atoms with E-state index in [-0.39, 0.29) is 10.6 Å². The third-order valence-corrected chi connectivity index (χ3v) is 3.17. The van der Waals surface area contributed by atoms with Crippen molar-refractivity contribution < 1.29 is 4.79 Å². The van der Waals surface area contributed by atoms with Gasteiger partial charge < -0.3 is 5.73 Å². The Kier molecular flexibility index (Phi) is 3.33. The van der Waals surface area contributed by atoms with E-state index in [9.17, 15) is 4.79 Å². The van der Waals surface area contributed by atoms with Crippen LogP contribution in [0.15, 0.2) is 18.2 Å². The normalized spacial score (nSPS) is 12.5. The van der Waals surface area contributed by atoms with Crippen LogP contribution in [0.3, 0.4) is 0 Å². The molecule has 0 heterocycles. The number of halogens is 2. The van der Waals surface area contributed by atoms with E-state index in [2.05, 4.69) is 15.9 Å². The minimum Gasteiger partial charge on any atom is -0.398 e. The van der Waals surface area contributed by atoms with E-state index < -0.39 is 0 Å². The Hall–Kier alpha value is -0.540. The van der Waals surface area contributed by atoms with Gasteiger partial charge in [0.15, 0.2) is 0 Å². The van der Waals surface area contributed by atoms with E-state index in [1.807, 2.05) is 0 Å². The summed E-state index contributed by atoms with van der Waals surface area (Å²) in [5.74, 6) is 0.0424. The van der Waals surface area contributed by atoms with Crippen molar-refractivity contribution in [1.29, 1.82) is 0 Å². The number of alkyl halides is 1. The van der Waals surface area contributed by atoms with E-state index >= 15 is 0 Å². The van der Waals surface area contributed by atoms with Crippen molar-refractivity contribution in [3.8, 4) is 0 Å². The van der Waals surface area contributed by atoms with Gasteiger partial charge in [-0.05, 0) is 24.6 Å². The van der Waals surface area contributed by atoms with Crippen LogP contribution in [-0.2, 0) is 4.79 Å². The van der Waals surface area contributed by atoms with Crippen LogP contribution in [0.2, 0.25) is 5.02 Å². The molecule has 0 aliphatic rings. The topological polar surface area (TPSA) is 43.1 Å². The van der Waals surface area contributed by atoms with Crippen LogP contribution in [0, 0.1) is 0 Å². The molecule has 13 heavy (non-hydrogen) atoms. The van der Waals surface area contributed by atoms with Crippen molar-refractivity contribution in [2.24, 2.45) is 0 Å². The molecule has 0 aromatic heterocycles. The first-order valence-corrected chi connectivity index (χ1v) is 5.01. The lowest BCUT2D eigenvalue weighted by atomic mass is 10.1. The molecule has 0 amide bonds. The molecule has 0 spiro atoms. The zero-order valence-corrected chi connectivity index (χ0v) is 9.39. The summed E-state index contributed by atoms with van der Waals surface area (Å²) in [5.41, 5.74) is 6.88. The highest BCUT2D eigenvalue weighted by Gasteiger charge is 2.12. The van der Waals surface area contributed by atoms with Gasteiger partial charge >= 0.3 is 0 Å². The second-order valence-corrected chi connectivity index (χ2v) is 4.08. The summed E-state index contributed by atoms with van der Waals surface area (Å²) in [6.45, 7) is 1.52. The highest BCUT2D eigenvalue weighted by molar-refractivity contribution is 9.09. The van der Waals surface area contributed by atoms with Gasteiger partial charge in [-0.3, -0.25) is 4.79 Å². The van der Waals surface area contributed by atoms with Crippen LogP contribution in [-0.4, -0.2) is 5.78 Å². The molecule has 0 fully saturated rings. The Morgan fingerprint density at radius 1 is 1.62 bits per heavy atom. The van der Waals surface area contributed by atoms with Gasteiger partial charge in [-0.2, -0.15) is 0 Å². The molecule has 1 rings (SSSR count). The summed E-state index contributed by atoms with van der Waals surface area (Å²) >= 11 is 9.07. The van der Waals surface area contributed by atoms with Crippen LogP contribution in [0.4, 0.5) is 5.69 Å². The molecular formula is C9H9BrClNO. The molecule has 0 radical (unpaired) electrons. The average molecular weight is 263 g/mol. The van der Waals surface area contributed by atoms with E-state index in [4.69, 9.17) is 17.3 Å². The number of nitrogens with two attached hydrogens (primary N) is 1. The first-order chi connectivity index (χ1) is 6.02. The number of ketones is 1. The molecule has 70 valence electrons. The highest BCUT2D eigenvalue weighted by atomic mass is 79.9.